The fourth-order valence-corrected chi connectivity index (χ4v) is 2.26. The minimum atomic E-state index is 0.585. The van der Waals surface area contributed by atoms with Crippen LogP contribution in [0.1, 0.15) is 25.7 Å². The van der Waals surface area contributed by atoms with Crippen LogP contribution in [0.4, 0.5) is 0 Å². The standard InChI is InChI=1S/C10H21N3/c1-2-7-13(8-3-1)9-4-10-11-5-6-12-10/h10-12H,1-9H2. The molecule has 0 unspecified atom stereocenters. The van der Waals surface area contributed by atoms with Gasteiger partial charge >= 0.3 is 0 Å². The SMILES string of the molecule is C1CCN(CCC2NCCN2)CC1. The molecule has 0 radical (unpaired) electrons. The molecular weight excluding hydrogens is 162 g/mol. The molecule has 0 bridgehead atoms. The van der Waals surface area contributed by atoms with E-state index in [2.05, 4.69) is 15.5 Å². The monoisotopic (exact) mass is 183 g/mol. The predicted octanol–water partition coefficient (Wildman–Crippen LogP) is 0.381. The zero-order chi connectivity index (χ0) is 8.93. The van der Waals surface area contributed by atoms with E-state index in [9.17, 15) is 0 Å². The molecule has 2 fully saturated rings. The van der Waals surface area contributed by atoms with Crippen LogP contribution in [0.15, 0.2) is 0 Å². The summed E-state index contributed by atoms with van der Waals surface area (Å²) < 4.78 is 0. The van der Waals surface area contributed by atoms with Crippen LogP contribution in [0.3, 0.4) is 0 Å². The van der Waals surface area contributed by atoms with Crippen molar-refractivity contribution in [1.82, 2.24) is 15.5 Å². The Bertz CT molecular complexity index is 137. The molecule has 0 aromatic heterocycles. The second-order valence-corrected chi connectivity index (χ2v) is 4.15. The molecule has 2 heterocycles. The Morgan fingerprint density at radius 2 is 1.69 bits per heavy atom. The van der Waals surface area contributed by atoms with Crippen molar-refractivity contribution in [1.29, 1.82) is 0 Å². The van der Waals surface area contributed by atoms with E-state index in [1.54, 1.807) is 0 Å². The van der Waals surface area contributed by atoms with Gasteiger partial charge in [0, 0.05) is 19.6 Å². The predicted molar refractivity (Wildman–Crippen MR) is 54.7 cm³/mol. The van der Waals surface area contributed by atoms with E-state index in [-0.39, 0.29) is 0 Å². The zero-order valence-corrected chi connectivity index (χ0v) is 8.39. The van der Waals surface area contributed by atoms with Crippen molar-refractivity contribution in [3.63, 3.8) is 0 Å². The van der Waals surface area contributed by atoms with Crippen LogP contribution >= 0.6 is 0 Å². The lowest BCUT2D eigenvalue weighted by Crippen LogP contribution is -2.38. The van der Waals surface area contributed by atoms with Crippen LogP contribution in [-0.2, 0) is 0 Å². The van der Waals surface area contributed by atoms with Gasteiger partial charge in [-0.25, -0.2) is 0 Å². The Labute approximate surface area is 80.9 Å². The van der Waals surface area contributed by atoms with Gasteiger partial charge in [0.1, 0.15) is 0 Å². The van der Waals surface area contributed by atoms with E-state index in [1.807, 2.05) is 0 Å². The summed E-state index contributed by atoms with van der Waals surface area (Å²) in [5, 5.41) is 6.92. The van der Waals surface area contributed by atoms with Crippen LogP contribution in [0, 0.1) is 0 Å². The largest absolute Gasteiger partial charge is 0.303 e. The number of rotatable bonds is 3. The van der Waals surface area contributed by atoms with Crippen molar-refractivity contribution in [2.45, 2.75) is 31.8 Å². The molecule has 0 amide bonds. The minimum absolute atomic E-state index is 0.585. The molecule has 3 heteroatoms. The van der Waals surface area contributed by atoms with Gasteiger partial charge in [-0.2, -0.15) is 0 Å². The van der Waals surface area contributed by atoms with E-state index < -0.39 is 0 Å². The van der Waals surface area contributed by atoms with E-state index in [4.69, 9.17) is 0 Å². The number of nitrogens with zero attached hydrogens (tertiary/aromatic N) is 1. The van der Waals surface area contributed by atoms with E-state index >= 15 is 0 Å². The van der Waals surface area contributed by atoms with Crippen molar-refractivity contribution in [3.05, 3.63) is 0 Å². The van der Waals surface area contributed by atoms with Crippen LogP contribution in [0.25, 0.3) is 0 Å². The first-order chi connectivity index (χ1) is 6.45. The molecule has 2 N–H and O–H groups in total. The molecule has 0 aliphatic carbocycles. The maximum atomic E-state index is 3.46. The fraction of sp³-hybridized carbons (Fsp3) is 1.00. The topological polar surface area (TPSA) is 27.3 Å². The molecule has 2 aliphatic heterocycles. The first-order valence-electron chi connectivity index (χ1n) is 5.64. The maximum absolute atomic E-state index is 3.46. The molecular formula is C10H21N3. The number of piperidine rings is 1. The van der Waals surface area contributed by atoms with Crippen molar-refractivity contribution in [2.24, 2.45) is 0 Å². The van der Waals surface area contributed by atoms with Crippen molar-refractivity contribution in [3.8, 4) is 0 Å². The van der Waals surface area contributed by atoms with Gasteiger partial charge in [0.15, 0.2) is 0 Å². The Hall–Kier alpha value is -0.120. The summed E-state index contributed by atoms with van der Waals surface area (Å²) in [6.45, 7) is 6.21. The number of likely N-dealkylation sites (tertiary alicyclic amines) is 1. The van der Waals surface area contributed by atoms with E-state index in [0.717, 1.165) is 13.1 Å². The van der Waals surface area contributed by atoms with Crippen LogP contribution in [0.2, 0.25) is 0 Å². The molecule has 0 aromatic rings. The first kappa shape index (κ1) is 9.44. The van der Waals surface area contributed by atoms with Gasteiger partial charge in [-0.3, -0.25) is 0 Å². The molecule has 2 rings (SSSR count). The van der Waals surface area contributed by atoms with Gasteiger partial charge < -0.3 is 15.5 Å². The lowest BCUT2D eigenvalue weighted by atomic mass is 10.1. The highest BCUT2D eigenvalue weighted by atomic mass is 15.2. The number of hydrogen-bond acceptors (Lipinski definition) is 3. The fourth-order valence-electron chi connectivity index (χ4n) is 2.26. The van der Waals surface area contributed by atoms with Gasteiger partial charge in [-0.15, -0.1) is 0 Å². The van der Waals surface area contributed by atoms with Crippen molar-refractivity contribution in [2.75, 3.05) is 32.7 Å². The van der Waals surface area contributed by atoms with Crippen molar-refractivity contribution < 1.29 is 0 Å². The van der Waals surface area contributed by atoms with Gasteiger partial charge in [0.05, 0.1) is 6.17 Å². The summed E-state index contributed by atoms with van der Waals surface area (Å²) in [5.74, 6) is 0. The highest BCUT2D eigenvalue weighted by molar-refractivity contribution is 4.74. The van der Waals surface area contributed by atoms with Crippen molar-refractivity contribution >= 4 is 0 Å². The third kappa shape index (κ3) is 2.93. The number of hydrogen-bond donors (Lipinski definition) is 2. The minimum Gasteiger partial charge on any atom is -0.303 e. The maximum Gasteiger partial charge on any atom is 0.0584 e. The zero-order valence-electron chi connectivity index (χ0n) is 8.39. The summed E-state index contributed by atoms with van der Waals surface area (Å²) in [4.78, 5) is 2.60. The molecule has 0 spiro atoms. The third-order valence-electron chi connectivity index (χ3n) is 3.09. The Kier molecular flexibility index (Phi) is 3.58. The molecule has 0 atom stereocenters. The lowest BCUT2D eigenvalue weighted by Gasteiger charge is -2.27. The smallest absolute Gasteiger partial charge is 0.0584 e. The Balaban J connectivity index is 1.60. The van der Waals surface area contributed by atoms with Crippen LogP contribution in [0.5, 0.6) is 0 Å². The summed E-state index contributed by atoms with van der Waals surface area (Å²) in [7, 11) is 0. The molecule has 0 aromatic carbocycles. The van der Waals surface area contributed by atoms with E-state index in [0.29, 0.717) is 6.17 Å². The van der Waals surface area contributed by atoms with Crippen LogP contribution in [-0.4, -0.2) is 43.8 Å². The summed E-state index contributed by atoms with van der Waals surface area (Å²) in [5.41, 5.74) is 0. The molecule has 0 saturated carbocycles. The highest BCUT2D eigenvalue weighted by Gasteiger charge is 2.15. The average molecular weight is 183 g/mol. The second-order valence-electron chi connectivity index (χ2n) is 4.15. The highest BCUT2D eigenvalue weighted by Crippen LogP contribution is 2.09. The third-order valence-corrected chi connectivity index (χ3v) is 3.09. The van der Waals surface area contributed by atoms with E-state index in [1.165, 1.54) is 45.3 Å². The summed E-state index contributed by atoms with van der Waals surface area (Å²) >= 11 is 0. The average Bonchev–Trinajstić information content (AvgIpc) is 2.69. The summed E-state index contributed by atoms with van der Waals surface area (Å²) in [6.07, 6.45) is 6.11. The molecule has 76 valence electrons. The molecule has 13 heavy (non-hydrogen) atoms. The first-order valence-corrected chi connectivity index (χ1v) is 5.64. The lowest BCUT2D eigenvalue weighted by molar-refractivity contribution is 0.217. The summed E-state index contributed by atoms with van der Waals surface area (Å²) in [6, 6.07) is 0. The Morgan fingerprint density at radius 1 is 1.00 bits per heavy atom. The molecule has 2 aliphatic rings. The quantitative estimate of drug-likeness (QED) is 0.662. The normalized spacial score (nSPS) is 26.8. The van der Waals surface area contributed by atoms with Gasteiger partial charge in [-0.05, 0) is 32.4 Å². The molecule has 2 saturated heterocycles. The molecule has 3 nitrogen and oxygen atoms in total. The van der Waals surface area contributed by atoms with Gasteiger partial charge in [0.25, 0.3) is 0 Å². The number of nitrogens with one attached hydrogen (secondary N) is 2. The van der Waals surface area contributed by atoms with Gasteiger partial charge in [0.2, 0.25) is 0 Å². The van der Waals surface area contributed by atoms with Gasteiger partial charge in [-0.1, -0.05) is 6.42 Å². The second kappa shape index (κ2) is 4.94. The Morgan fingerprint density at radius 3 is 2.38 bits per heavy atom. The van der Waals surface area contributed by atoms with Crippen LogP contribution < -0.4 is 10.6 Å².